The number of nitrogens with zero attached hydrogens (tertiary/aromatic N) is 2. The Balaban J connectivity index is 2.18. The molecule has 88 valence electrons. The summed E-state index contributed by atoms with van der Waals surface area (Å²) in [5.74, 6) is 0. The van der Waals surface area contributed by atoms with E-state index in [9.17, 15) is 0 Å². The van der Waals surface area contributed by atoms with Gasteiger partial charge in [0.15, 0.2) is 0 Å². The highest BCUT2D eigenvalue weighted by Crippen LogP contribution is 2.33. The molecule has 1 aromatic heterocycles. The summed E-state index contributed by atoms with van der Waals surface area (Å²) in [4.78, 5) is 0. The Morgan fingerprint density at radius 2 is 2.18 bits per heavy atom. The van der Waals surface area contributed by atoms with Gasteiger partial charge in [-0.3, -0.25) is 4.68 Å². The lowest BCUT2D eigenvalue weighted by Crippen LogP contribution is -1.92. The Hall–Kier alpha value is -1.57. The molecule has 0 spiro atoms. The Bertz CT molecular complexity index is 552. The molecule has 3 rings (SSSR count). The molecule has 2 nitrogen and oxygen atoms in total. The molecule has 0 bridgehead atoms. The first-order valence-corrected chi connectivity index (χ1v) is 6.41. The highest BCUT2D eigenvalue weighted by atomic mass is 15.2. The lowest BCUT2D eigenvalue weighted by atomic mass is 9.95. The third-order valence-corrected chi connectivity index (χ3v) is 3.70. The van der Waals surface area contributed by atoms with Gasteiger partial charge in [-0.05, 0) is 47.9 Å². The fourth-order valence-electron chi connectivity index (χ4n) is 2.79. The van der Waals surface area contributed by atoms with Crippen molar-refractivity contribution in [1.29, 1.82) is 0 Å². The highest BCUT2D eigenvalue weighted by Gasteiger charge is 2.17. The molecule has 2 aromatic rings. The van der Waals surface area contributed by atoms with Crippen LogP contribution in [0.15, 0.2) is 24.5 Å². The summed E-state index contributed by atoms with van der Waals surface area (Å²) in [6, 6.07) is 4.74. The van der Waals surface area contributed by atoms with Gasteiger partial charge in [-0.1, -0.05) is 19.1 Å². The van der Waals surface area contributed by atoms with Crippen molar-refractivity contribution in [2.24, 2.45) is 7.05 Å². The Kier molecular flexibility index (Phi) is 2.50. The van der Waals surface area contributed by atoms with Crippen LogP contribution in [0.4, 0.5) is 0 Å². The molecule has 2 heteroatoms. The van der Waals surface area contributed by atoms with E-state index in [1.807, 2.05) is 17.9 Å². The van der Waals surface area contributed by atoms with Crippen molar-refractivity contribution in [3.05, 3.63) is 41.2 Å². The summed E-state index contributed by atoms with van der Waals surface area (Å²) in [5, 5.41) is 4.29. The zero-order chi connectivity index (χ0) is 11.8. The van der Waals surface area contributed by atoms with Gasteiger partial charge in [0.25, 0.3) is 0 Å². The third kappa shape index (κ3) is 1.78. The average Bonchev–Trinajstić information content (AvgIpc) is 2.95. The van der Waals surface area contributed by atoms with Crippen molar-refractivity contribution < 1.29 is 0 Å². The molecular formula is C15H18N2. The minimum atomic E-state index is 1.11. The second-order valence-corrected chi connectivity index (χ2v) is 4.89. The average molecular weight is 226 g/mol. The normalized spacial score (nSPS) is 14.0. The molecule has 0 unspecified atom stereocenters. The molecule has 17 heavy (non-hydrogen) atoms. The molecule has 1 aromatic carbocycles. The molecule has 0 amide bonds. The maximum absolute atomic E-state index is 4.29. The van der Waals surface area contributed by atoms with Crippen LogP contribution in [0.3, 0.4) is 0 Å². The molecular weight excluding hydrogens is 208 g/mol. The molecule has 0 N–H and O–H groups in total. The Morgan fingerprint density at radius 3 is 2.88 bits per heavy atom. The SMILES string of the molecule is CCc1cc2c(c(-c3cnn(C)c3)c1)CCC2. The summed E-state index contributed by atoms with van der Waals surface area (Å²) in [6.45, 7) is 2.23. The number of hydrogen-bond donors (Lipinski definition) is 0. The van der Waals surface area contributed by atoms with E-state index in [-0.39, 0.29) is 0 Å². The number of aromatic nitrogens is 2. The van der Waals surface area contributed by atoms with Crippen LogP contribution in [0, 0.1) is 0 Å². The van der Waals surface area contributed by atoms with Crippen molar-refractivity contribution in [3.8, 4) is 11.1 Å². The first kappa shape index (κ1) is 10.6. The van der Waals surface area contributed by atoms with E-state index < -0.39 is 0 Å². The van der Waals surface area contributed by atoms with Crippen LogP contribution in [0.25, 0.3) is 11.1 Å². The van der Waals surface area contributed by atoms with Gasteiger partial charge < -0.3 is 0 Å². The quantitative estimate of drug-likeness (QED) is 0.769. The minimum absolute atomic E-state index is 1.11. The van der Waals surface area contributed by atoms with Gasteiger partial charge in [0.2, 0.25) is 0 Å². The molecule has 1 heterocycles. The molecule has 0 saturated carbocycles. The monoisotopic (exact) mass is 226 g/mol. The van der Waals surface area contributed by atoms with Gasteiger partial charge in [-0.25, -0.2) is 0 Å². The van der Waals surface area contributed by atoms with Crippen molar-refractivity contribution >= 4 is 0 Å². The minimum Gasteiger partial charge on any atom is -0.275 e. The first-order valence-electron chi connectivity index (χ1n) is 6.41. The van der Waals surface area contributed by atoms with Crippen LogP contribution in [0.5, 0.6) is 0 Å². The second-order valence-electron chi connectivity index (χ2n) is 4.89. The van der Waals surface area contributed by atoms with E-state index >= 15 is 0 Å². The molecule has 1 aliphatic rings. The standard InChI is InChI=1S/C15H18N2/c1-3-11-7-12-5-4-6-14(12)15(8-11)13-9-16-17(2)10-13/h7-10H,3-6H2,1-2H3. The maximum Gasteiger partial charge on any atom is 0.0568 e. The van der Waals surface area contributed by atoms with Crippen LogP contribution in [-0.2, 0) is 26.3 Å². The van der Waals surface area contributed by atoms with Gasteiger partial charge in [-0.15, -0.1) is 0 Å². The van der Waals surface area contributed by atoms with Crippen molar-refractivity contribution in [2.75, 3.05) is 0 Å². The van der Waals surface area contributed by atoms with Crippen LogP contribution in [0.2, 0.25) is 0 Å². The third-order valence-electron chi connectivity index (χ3n) is 3.70. The van der Waals surface area contributed by atoms with E-state index in [2.05, 4.69) is 30.4 Å². The van der Waals surface area contributed by atoms with Crippen LogP contribution in [0.1, 0.15) is 30.0 Å². The Morgan fingerprint density at radius 1 is 1.29 bits per heavy atom. The predicted octanol–water partition coefficient (Wildman–Crippen LogP) is 3.14. The van der Waals surface area contributed by atoms with E-state index in [0.717, 1.165) is 6.42 Å². The number of fused-ring (bicyclic) bond motifs is 1. The Labute approximate surface area is 102 Å². The molecule has 0 aliphatic heterocycles. The number of aryl methyl sites for hydroxylation is 3. The fourth-order valence-corrected chi connectivity index (χ4v) is 2.79. The summed E-state index contributed by atoms with van der Waals surface area (Å²) in [6.07, 6.45) is 8.98. The largest absolute Gasteiger partial charge is 0.275 e. The number of hydrogen-bond acceptors (Lipinski definition) is 1. The van der Waals surface area contributed by atoms with E-state index in [4.69, 9.17) is 0 Å². The number of benzene rings is 1. The topological polar surface area (TPSA) is 17.8 Å². The zero-order valence-electron chi connectivity index (χ0n) is 10.5. The van der Waals surface area contributed by atoms with Crippen LogP contribution >= 0.6 is 0 Å². The molecule has 0 radical (unpaired) electrons. The van der Waals surface area contributed by atoms with Gasteiger partial charge in [0.1, 0.15) is 0 Å². The fraction of sp³-hybridized carbons (Fsp3) is 0.400. The maximum atomic E-state index is 4.29. The summed E-state index contributed by atoms with van der Waals surface area (Å²) in [5.41, 5.74) is 7.23. The summed E-state index contributed by atoms with van der Waals surface area (Å²) in [7, 11) is 1.98. The van der Waals surface area contributed by atoms with Gasteiger partial charge in [0.05, 0.1) is 6.20 Å². The zero-order valence-corrected chi connectivity index (χ0v) is 10.5. The molecule has 1 aliphatic carbocycles. The van der Waals surface area contributed by atoms with E-state index in [1.54, 1.807) is 11.1 Å². The van der Waals surface area contributed by atoms with Crippen molar-refractivity contribution in [3.63, 3.8) is 0 Å². The van der Waals surface area contributed by atoms with Crippen molar-refractivity contribution in [1.82, 2.24) is 9.78 Å². The first-order chi connectivity index (χ1) is 8.28. The summed E-state index contributed by atoms with van der Waals surface area (Å²) < 4.78 is 1.88. The molecule has 0 saturated heterocycles. The molecule has 0 atom stereocenters. The van der Waals surface area contributed by atoms with Crippen LogP contribution in [-0.4, -0.2) is 9.78 Å². The van der Waals surface area contributed by atoms with Gasteiger partial charge in [-0.2, -0.15) is 5.10 Å². The summed E-state index contributed by atoms with van der Waals surface area (Å²) >= 11 is 0. The van der Waals surface area contributed by atoms with Gasteiger partial charge in [0, 0.05) is 18.8 Å². The van der Waals surface area contributed by atoms with Crippen molar-refractivity contribution in [2.45, 2.75) is 32.6 Å². The molecule has 0 fully saturated rings. The lowest BCUT2D eigenvalue weighted by Gasteiger charge is -2.09. The van der Waals surface area contributed by atoms with E-state index in [0.29, 0.717) is 0 Å². The van der Waals surface area contributed by atoms with E-state index in [1.165, 1.54) is 36.0 Å². The second kappa shape index (κ2) is 4.02. The number of rotatable bonds is 2. The van der Waals surface area contributed by atoms with Crippen LogP contribution < -0.4 is 0 Å². The smallest absolute Gasteiger partial charge is 0.0568 e. The highest BCUT2D eigenvalue weighted by molar-refractivity contribution is 5.69. The lowest BCUT2D eigenvalue weighted by molar-refractivity contribution is 0.768. The van der Waals surface area contributed by atoms with Gasteiger partial charge >= 0.3 is 0 Å². The predicted molar refractivity (Wildman–Crippen MR) is 70.0 cm³/mol.